The molecule has 0 bridgehead atoms. The highest BCUT2D eigenvalue weighted by atomic mass is 32.2. The largest absolute Gasteiger partial charge is 0.356 e. The normalized spacial score (nSPS) is 22.7. The van der Waals surface area contributed by atoms with Crippen molar-refractivity contribution < 1.29 is 8.42 Å². The highest BCUT2D eigenvalue weighted by molar-refractivity contribution is 7.88. The highest BCUT2D eigenvalue weighted by Crippen LogP contribution is 2.31. The van der Waals surface area contributed by atoms with E-state index in [1.165, 1.54) is 12.6 Å². The third-order valence-corrected chi connectivity index (χ3v) is 4.47. The van der Waals surface area contributed by atoms with Crippen molar-refractivity contribution >= 4 is 26.9 Å². The van der Waals surface area contributed by atoms with Crippen LogP contribution in [0.5, 0.6) is 0 Å². The summed E-state index contributed by atoms with van der Waals surface area (Å²) < 4.78 is 25.0. The summed E-state index contributed by atoms with van der Waals surface area (Å²) in [5, 5.41) is 0.981. The number of nitrogens with one attached hydrogen (secondary N) is 2. The molecule has 0 spiro atoms. The first-order valence-electron chi connectivity index (χ1n) is 6.42. The maximum Gasteiger partial charge on any atom is 0.208 e. The number of hydrogen-bond acceptors (Lipinski definition) is 5. The van der Waals surface area contributed by atoms with E-state index in [9.17, 15) is 8.42 Å². The van der Waals surface area contributed by atoms with Crippen LogP contribution in [0, 0.1) is 0 Å². The van der Waals surface area contributed by atoms with Gasteiger partial charge in [0.15, 0.2) is 0 Å². The standard InChI is InChI=1S/C12H17N5O2S/c1-17(9-5-8(6-9)16-20(2,18)19)12-10-3-4-13-11(10)14-7-15-12/h3-4,7-9,16H,5-6H2,1-2H3,(H,13,14,15)/t8-,9+. The topological polar surface area (TPSA) is 91.0 Å². The molecule has 0 aliphatic heterocycles. The SMILES string of the molecule is CN(c1ncnc2[nH]ccc12)[C@H]1C[C@@H](NS(C)(=O)=O)C1. The number of aromatic amines is 1. The Kier molecular flexibility index (Phi) is 3.14. The Labute approximate surface area is 117 Å². The molecule has 0 saturated heterocycles. The third-order valence-electron chi connectivity index (χ3n) is 3.71. The molecule has 3 rings (SSSR count). The van der Waals surface area contributed by atoms with Crippen molar-refractivity contribution in [3.63, 3.8) is 0 Å². The van der Waals surface area contributed by atoms with E-state index in [0.29, 0.717) is 6.04 Å². The number of H-pyrrole nitrogens is 1. The first kappa shape index (κ1) is 13.3. The van der Waals surface area contributed by atoms with Gasteiger partial charge >= 0.3 is 0 Å². The Morgan fingerprint density at radius 3 is 2.85 bits per heavy atom. The van der Waals surface area contributed by atoms with Gasteiger partial charge in [0.2, 0.25) is 10.0 Å². The first-order valence-corrected chi connectivity index (χ1v) is 8.31. The van der Waals surface area contributed by atoms with E-state index < -0.39 is 10.0 Å². The van der Waals surface area contributed by atoms with Gasteiger partial charge in [-0.05, 0) is 18.9 Å². The summed E-state index contributed by atoms with van der Waals surface area (Å²) in [6, 6.07) is 2.27. The van der Waals surface area contributed by atoms with Crippen LogP contribution in [0.15, 0.2) is 18.6 Å². The number of sulfonamides is 1. The quantitative estimate of drug-likeness (QED) is 0.856. The Bertz CT molecular complexity index is 720. The molecule has 0 atom stereocenters. The van der Waals surface area contributed by atoms with Crippen LogP contribution in [0.4, 0.5) is 5.82 Å². The van der Waals surface area contributed by atoms with Crippen LogP contribution in [0.25, 0.3) is 11.0 Å². The fourth-order valence-corrected chi connectivity index (χ4v) is 3.41. The molecule has 0 radical (unpaired) electrons. The van der Waals surface area contributed by atoms with Crippen LogP contribution < -0.4 is 9.62 Å². The molecule has 20 heavy (non-hydrogen) atoms. The second kappa shape index (κ2) is 4.71. The number of fused-ring (bicyclic) bond motifs is 1. The lowest BCUT2D eigenvalue weighted by atomic mass is 9.86. The average molecular weight is 295 g/mol. The lowest BCUT2D eigenvalue weighted by Crippen LogP contribution is -2.53. The molecule has 1 aliphatic carbocycles. The maximum atomic E-state index is 11.2. The van der Waals surface area contributed by atoms with Crippen molar-refractivity contribution in [1.82, 2.24) is 19.7 Å². The van der Waals surface area contributed by atoms with Crippen molar-refractivity contribution in [2.75, 3.05) is 18.2 Å². The summed E-state index contributed by atoms with van der Waals surface area (Å²) in [7, 11) is -1.14. The van der Waals surface area contributed by atoms with Gasteiger partial charge in [0.1, 0.15) is 17.8 Å². The van der Waals surface area contributed by atoms with Gasteiger partial charge in [0.25, 0.3) is 0 Å². The molecule has 8 heteroatoms. The predicted molar refractivity (Wildman–Crippen MR) is 77.1 cm³/mol. The van der Waals surface area contributed by atoms with Crippen LogP contribution >= 0.6 is 0 Å². The lowest BCUT2D eigenvalue weighted by Gasteiger charge is -2.41. The zero-order valence-electron chi connectivity index (χ0n) is 11.4. The smallest absolute Gasteiger partial charge is 0.208 e. The van der Waals surface area contributed by atoms with Crippen LogP contribution in [0.1, 0.15) is 12.8 Å². The van der Waals surface area contributed by atoms with Crippen LogP contribution in [-0.4, -0.2) is 48.8 Å². The molecule has 0 aromatic carbocycles. The van der Waals surface area contributed by atoms with Crippen molar-refractivity contribution in [1.29, 1.82) is 0 Å². The summed E-state index contributed by atoms with van der Waals surface area (Å²) in [6.45, 7) is 0. The van der Waals surface area contributed by atoms with Gasteiger partial charge in [0.05, 0.1) is 11.6 Å². The van der Waals surface area contributed by atoms with Gasteiger partial charge in [-0.3, -0.25) is 0 Å². The van der Waals surface area contributed by atoms with Gasteiger partial charge in [-0.1, -0.05) is 0 Å². The summed E-state index contributed by atoms with van der Waals surface area (Å²) in [5.41, 5.74) is 0.812. The number of aromatic nitrogens is 3. The second-order valence-electron chi connectivity index (χ2n) is 5.26. The summed E-state index contributed by atoms with van der Waals surface area (Å²) in [4.78, 5) is 13.7. The lowest BCUT2D eigenvalue weighted by molar-refractivity contribution is 0.317. The van der Waals surface area contributed by atoms with Gasteiger partial charge in [-0.25, -0.2) is 23.1 Å². The monoisotopic (exact) mass is 295 g/mol. The molecule has 1 saturated carbocycles. The molecule has 2 heterocycles. The Hall–Kier alpha value is -1.67. The second-order valence-corrected chi connectivity index (χ2v) is 7.04. The average Bonchev–Trinajstić information content (AvgIpc) is 2.79. The van der Waals surface area contributed by atoms with Gasteiger partial charge < -0.3 is 9.88 Å². The van der Waals surface area contributed by atoms with Crippen LogP contribution in [-0.2, 0) is 10.0 Å². The van der Waals surface area contributed by atoms with E-state index in [1.807, 2.05) is 19.3 Å². The number of anilines is 1. The van der Waals surface area contributed by atoms with Crippen molar-refractivity contribution in [2.24, 2.45) is 0 Å². The van der Waals surface area contributed by atoms with E-state index in [0.717, 1.165) is 29.7 Å². The molecule has 2 aromatic heterocycles. The van der Waals surface area contributed by atoms with E-state index >= 15 is 0 Å². The summed E-state index contributed by atoms with van der Waals surface area (Å²) in [5.74, 6) is 0.874. The Morgan fingerprint density at radius 2 is 2.15 bits per heavy atom. The molecule has 2 N–H and O–H groups in total. The van der Waals surface area contributed by atoms with E-state index in [-0.39, 0.29) is 6.04 Å². The first-order chi connectivity index (χ1) is 9.44. The maximum absolute atomic E-state index is 11.2. The molecule has 1 fully saturated rings. The van der Waals surface area contributed by atoms with Crippen molar-refractivity contribution in [2.45, 2.75) is 24.9 Å². The molecule has 2 aromatic rings. The minimum atomic E-state index is -3.12. The molecule has 0 amide bonds. The van der Waals surface area contributed by atoms with Gasteiger partial charge in [-0.2, -0.15) is 0 Å². The number of hydrogen-bond donors (Lipinski definition) is 2. The fraction of sp³-hybridized carbons (Fsp3) is 0.500. The van der Waals surface area contributed by atoms with Gasteiger partial charge in [-0.15, -0.1) is 0 Å². The minimum Gasteiger partial charge on any atom is -0.356 e. The number of nitrogens with zero attached hydrogens (tertiary/aromatic N) is 3. The van der Waals surface area contributed by atoms with Crippen molar-refractivity contribution in [3.05, 3.63) is 18.6 Å². The van der Waals surface area contributed by atoms with Crippen molar-refractivity contribution in [3.8, 4) is 0 Å². The molecule has 1 aliphatic rings. The molecular weight excluding hydrogens is 278 g/mol. The summed E-state index contributed by atoms with van der Waals surface area (Å²) in [6.07, 6.45) is 6.15. The van der Waals surface area contributed by atoms with E-state index in [1.54, 1.807) is 0 Å². The van der Waals surface area contributed by atoms with E-state index in [2.05, 4.69) is 24.6 Å². The molecule has 0 unspecified atom stereocenters. The number of rotatable bonds is 4. The molecule has 108 valence electrons. The third kappa shape index (κ3) is 2.48. The Balaban J connectivity index is 1.72. The van der Waals surface area contributed by atoms with Gasteiger partial charge in [0, 0.05) is 25.3 Å². The molecular formula is C12H17N5O2S. The van der Waals surface area contributed by atoms with Crippen LogP contribution in [0.2, 0.25) is 0 Å². The van der Waals surface area contributed by atoms with E-state index in [4.69, 9.17) is 0 Å². The molecule has 7 nitrogen and oxygen atoms in total. The fourth-order valence-electron chi connectivity index (χ4n) is 2.62. The predicted octanol–water partition coefficient (Wildman–Crippen LogP) is 0.474. The zero-order chi connectivity index (χ0) is 14.3. The Morgan fingerprint density at radius 1 is 1.40 bits per heavy atom. The summed E-state index contributed by atoms with van der Waals surface area (Å²) >= 11 is 0. The van der Waals surface area contributed by atoms with Crippen LogP contribution in [0.3, 0.4) is 0 Å². The minimum absolute atomic E-state index is 0.0287. The zero-order valence-corrected chi connectivity index (χ0v) is 12.2. The highest BCUT2D eigenvalue weighted by Gasteiger charge is 2.34.